The lowest BCUT2D eigenvalue weighted by molar-refractivity contribution is -0.250. The molecule has 0 aromatic heterocycles. The highest BCUT2D eigenvalue weighted by molar-refractivity contribution is 5.46. The number of phenols is 1. The quantitative estimate of drug-likeness (QED) is 0.898. The van der Waals surface area contributed by atoms with E-state index in [0.717, 1.165) is 12.0 Å². The Morgan fingerprint density at radius 2 is 2.22 bits per heavy atom. The molecule has 2 rings (SSSR count). The molecule has 0 bridgehead atoms. The van der Waals surface area contributed by atoms with Crippen LogP contribution in [0.15, 0.2) is 18.2 Å². The van der Waals surface area contributed by atoms with Crippen LogP contribution in [0.3, 0.4) is 0 Å². The van der Waals surface area contributed by atoms with E-state index in [1.807, 2.05) is 26.8 Å². The van der Waals surface area contributed by atoms with Crippen LogP contribution >= 0.6 is 0 Å². The summed E-state index contributed by atoms with van der Waals surface area (Å²) in [7, 11) is 0. The monoisotopic (exact) mass is 252 g/mol. The molecular formula is C14H20O4. The molecule has 1 heterocycles. The van der Waals surface area contributed by atoms with Gasteiger partial charge in [0.1, 0.15) is 0 Å². The first-order chi connectivity index (χ1) is 8.53. The van der Waals surface area contributed by atoms with E-state index in [2.05, 4.69) is 0 Å². The fourth-order valence-electron chi connectivity index (χ4n) is 1.98. The first kappa shape index (κ1) is 13.2. The summed E-state index contributed by atoms with van der Waals surface area (Å²) in [6.07, 6.45) is 0.370. The first-order valence-electron chi connectivity index (χ1n) is 6.27. The van der Waals surface area contributed by atoms with Crippen LogP contribution in [0.1, 0.15) is 39.0 Å². The lowest BCUT2D eigenvalue weighted by atomic mass is 10.0. The van der Waals surface area contributed by atoms with Gasteiger partial charge in [-0.1, -0.05) is 6.07 Å². The van der Waals surface area contributed by atoms with Gasteiger partial charge in [-0.25, -0.2) is 0 Å². The highest BCUT2D eigenvalue weighted by atomic mass is 16.7. The predicted molar refractivity (Wildman–Crippen MR) is 67.7 cm³/mol. The number of para-hydroxylation sites is 1. The van der Waals surface area contributed by atoms with Crippen molar-refractivity contribution in [2.75, 3.05) is 13.2 Å². The molecule has 1 atom stereocenters. The van der Waals surface area contributed by atoms with E-state index in [0.29, 0.717) is 19.0 Å². The molecule has 0 unspecified atom stereocenters. The van der Waals surface area contributed by atoms with Crippen molar-refractivity contribution >= 4 is 0 Å². The Balaban J connectivity index is 2.29. The first-order valence-corrected chi connectivity index (χ1v) is 6.27. The Morgan fingerprint density at radius 1 is 1.44 bits per heavy atom. The average Bonchev–Trinajstić information content (AvgIpc) is 2.30. The number of hydrogen-bond donors (Lipinski definition) is 1. The van der Waals surface area contributed by atoms with Gasteiger partial charge in [-0.3, -0.25) is 0 Å². The van der Waals surface area contributed by atoms with Crippen molar-refractivity contribution in [1.29, 1.82) is 0 Å². The highest BCUT2D eigenvalue weighted by Gasteiger charge is 2.32. The average molecular weight is 252 g/mol. The fourth-order valence-corrected chi connectivity index (χ4v) is 1.98. The summed E-state index contributed by atoms with van der Waals surface area (Å²) in [5, 5.41) is 9.85. The van der Waals surface area contributed by atoms with Crippen LogP contribution in [0, 0.1) is 0 Å². The standard InChI is InChI=1S/C14H20O4/c1-4-16-12-10(6-5-7-11(12)15)13-17-9-8-14(2,3)18-13/h5-7,13,15H,4,8-9H2,1-3H3/t13-/m1/s1. The number of phenolic OH excluding ortho intramolecular Hbond substituents is 1. The second-order valence-corrected chi connectivity index (χ2v) is 4.96. The van der Waals surface area contributed by atoms with E-state index in [1.165, 1.54) is 0 Å². The lowest BCUT2D eigenvalue weighted by Crippen LogP contribution is -2.34. The third kappa shape index (κ3) is 2.76. The van der Waals surface area contributed by atoms with Crippen LogP contribution in [0.25, 0.3) is 0 Å². The molecule has 1 fully saturated rings. The maximum absolute atomic E-state index is 9.85. The molecule has 1 aromatic rings. The summed E-state index contributed by atoms with van der Waals surface area (Å²) in [5.74, 6) is 0.563. The number of benzene rings is 1. The van der Waals surface area contributed by atoms with Crippen molar-refractivity contribution in [1.82, 2.24) is 0 Å². The molecule has 18 heavy (non-hydrogen) atoms. The smallest absolute Gasteiger partial charge is 0.188 e. The molecule has 4 nitrogen and oxygen atoms in total. The second-order valence-electron chi connectivity index (χ2n) is 4.96. The summed E-state index contributed by atoms with van der Waals surface area (Å²) in [6, 6.07) is 5.22. The Hall–Kier alpha value is -1.26. The normalized spacial score (nSPS) is 22.7. The van der Waals surface area contributed by atoms with Gasteiger partial charge in [-0.2, -0.15) is 0 Å². The maximum atomic E-state index is 9.85. The van der Waals surface area contributed by atoms with Gasteiger partial charge < -0.3 is 19.3 Å². The van der Waals surface area contributed by atoms with E-state index < -0.39 is 6.29 Å². The topological polar surface area (TPSA) is 47.9 Å². The maximum Gasteiger partial charge on any atom is 0.188 e. The van der Waals surface area contributed by atoms with E-state index in [9.17, 15) is 5.11 Å². The van der Waals surface area contributed by atoms with Gasteiger partial charge in [0.05, 0.1) is 24.4 Å². The van der Waals surface area contributed by atoms with Gasteiger partial charge in [-0.15, -0.1) is 0 Å². The molecule has 100 valence electrons. The molecule has 0 radical (unpaired) electrons. The minimum atomic E-state index is -0.484. The predicted octanol–water partition coefficient (Wildman–Crippen LogP) is 3.01. The Kier molecular flexibility index (Phi) is 3.78. The van der Waals surface area contributed by atoms with E-state index in [4.69, 9.17) is 14.2 Å². The summed E-state index contributed by atoms with van der Waals surface area (Å²) in [6.45, 7) is 7.07. The van der Waals surface area contributed by atoms with Crippen LogP contribution in [0.5, 0.6) is 11.5 Å². The second kappa shape index (κ2) is 5.16. The zero-order valence-corrected chi connectivity index (χ0v) is 11.1. The van der Waals surface area contributed by atoms with Crippen molar-refractivity contribution in [3.05, 3.63) is 23.8 Å². The van der Waals surface area contributed by atoms with Crippen molar-refractivity contribution in [2.24, 2.45) is 0 Å². The Morgan fingerprint density at radius 3 is 2.89 bits per heavy atom. The minimum Gasteiger partial charge on any atom is -0.504 e. The number of ether oxygens (including phenoxy) is 3. The summed E-state index contributed by atoms with van der Waals surface area (Å²) < 4.78 is 17.0. The van der Waals surface area contributed by atoms with Crippen molar-refractivity contribution in [3.63, 3.8) is 0 Å². The number of hydrogen-bond acceptors (Lipinski definition) is 4. The Labute approximate surface area is 107 Å². The zero-order valence-electron chi connectivity index (χ0n) is 11.1. The molecule has 0 spiro atoms. The van der Waals surface area contributed by atoms with E-state index >= 15 is 0 Å². The van der Waals surface area contributed by atoms with Gasteiger partial charge in [0, 0.05) is 0 Å². The Bertz CT molecular complexity index is 414. The molecule has 1 N–H and O–H groups in total. The summed E-state index contributed by atoms with van der Waals surface area (Å²) in [4.78, 5) is 0. The van der Waals surface area contributed by atoms with Crippen LogP contribution < -0.4 is 4.74 Å². The largest absolute Gasteiger partial charge is 0.504 e. The molecular weight excluding hydrogens is 232 g/mol. The molecule has 0 aliphatic carbocycles. The molecule has 4 heteroatoms. The molecule has 1 saturated heterocycles. The molecule has 1 aromatic carbocycles. The van der Waals surface area contributed by atoms with Crippen LogP contribution in [0.2, 0.25) is 0 Å². The molecule has 1 aliphatic rings. The summed E-state index contributed by atoms with van der Waals surface area (Å²) >= 11 is 0. The number of rotatable bonds is 3. The third-order valence-electron chi connectivity index (χ3n) is 2.97. The van der Waals surface area contributed by atoms with Gasteiger partial charge >= 0.3 is 0 Å². The fraction of sp³-hybridized carbons (Fsp3) is 0.571. The van der Waals surface area contributed by atoms with Crippen LogP contribution in [-0.4, -0.2) is 23.9 Å². The van der Waals surface area contributed by atoms with Crippen molar-refractivity contribution in [3.8, 4) is 11.5 Å². The van der Waals surface area contributed by atoms with Crippen molar-refractivity contribution in [2.45, 2.75) is 39.1 Å². The third-order valence-corrected chi connectivity index (χ3v) is 2.97. The minimum absolute atomic E-state index is 0.116. The summed E-state index contributed by atoms with van der Waals surface area (Å²) in [5.41, 5.74) is 0.516. The van der Waals surface area contributed by atoms with E-state index in [-0.39, 0.29) is 11.4 Å². The molecule has 0 saturated carbocycles. The van der Waals surface area contributed by atoms with Gasteiger partial charge in [0.2, 0.25) is 0 Å². The molecule has 0 amide bonds. The van der Waals surface area contributed by atoms with E-state index in [1.54, 1.807) is 12.1 Å². The number of aromatic hydroxyl groups is 1. The van der Waals surface area contributed by atoms with Crippen LogP contribution in [0.4, 0.5) is 0 Å². The SMILES string of the molecule is CCOc1c(O)cccc1[C@@H]1OCCC(C)(C)O1. The highest BCUT2D eigenvalue weighted by Crippen LogP contribution is 2.40. The zero-order chi connectivity index (χ0) is 13.2. The lowest BCUT2D eigenvalue weighted by Gasteiger charge is -2.36. The van der Waals surface area contributed by atoms with Crippen LogP contribution in [-0.2, 0) is 9.47 Å². The van der Waals surface area contributed by atoms with Gasteiger partial charge in [0.25, 0.3) is 0 Å². The van der Waals surface area contributed by atoms with Gasteiger partial charge in [0.15, 0.2) is 17.8 Å². The van der Waals surface area contributed by atoms with Crippen molar-refractivity contribution < 1.29 is 19.3 Å². The van der Waals surface area contributed by atoms with Gasteiger partial charge in [-0.05, 0) is 39.3 Å². The molecule has 1 aliphatic heterocycles.